The van der Waals surface area contributed by atoms with Crippen LogP contribution in [0.1, 0.15) is 17.3 Å². The molecule has 3 aromatic rings. The number of benzene rings is 2. The number of esters is 1. The molecule has 1 heterocycles. The summed E-state index contributed by atoms with van der Waals surface area (Å²) in [6.07, 6.45) is 0. The summed E-state index contributed by atoms with van der Waals surface area (Å²) >= 11 is 2.65. The summed E-state index contributed by atoms with van der Waals surface area (Å²) < 4.78 is 5.73. The number of rotatable bonds is 7. The topological polar surface area (TPSA) is 94.3 Å². The second-order valence-corrected chi connectivity index (χ2v) is 7.91. The Morgan fingerprint density at radius 2 is 1.86 bits per heavy atom. The van der Waals surface area contributed by atoms with Crippen molar-refractivity contribution in [1.29, 1.82) is 0 Å². The Balaban J connectivity index is 1.64. The molecular weight excluding hydrogens is 394 g/mol. The minimum atomic E-state index is -0.466. The van der Waals surface area contributed by atoms with E-state index in [1.165, 1.54) is 23.1 Å². The van der Waals surface area contributed by atoms with Gasteiger partial charge in [-0.1, -0.05) is 65.6 Å². The molecule has 28 heavy (non-hydrogen) atoms. The Bertz CT molecular complexity index is 974. The number of nitrogens with zero attached hydrogens (tertiary/aromatic N) is 1. The van der Waals surface area contributed by atoms with Crippen LogP contribution >= 0.6 is 23.1 Å². The van der Waals surface area contributed by atoms with Crippen LogP contribution in [0.2, 0.25) is 0 Å². The summed E-state index contributed by atoms with van der Waals surface area (Å²) in [7, 11) is 0. The average Bonchev–Trinajstić information content (AvgIpc) is 3.08. The summed E-state index contributed by atoms with van der Waals surface area (Å²) in [6.45, 7) is 2.01. The van der Waals surface area contributed by atoms with Crippen molar-refractivity contribution < 1.29 is 14.3 Å². The number of aromatic nitrogens is 1. The molecule has 1 amide bonds. The first-order valence-corrected chi connectivity index (χ1v) is 10.4. The quantitative estimate of drug-likeness (QED) is 0.443. The lowest BCUT2D eigenvalue weighted by Gasteiger charge is -2.09. The molecule has 8 heteroatoms. The van der Waals surface area contributed by atoms with E-state index in [0.717, 1.165) is 11.3 Å². The van der Waals surface area contributed by atoms with E-state index >= 15 is 0 Å². The molecule has 0 spiro atoms. The van der Waals surface area contributed by atoms with Crippen molar-refractivity contribution in [3.8, 4) is 11.3 Å². The van der Waals surface area contributed by atoms with Gasteiger partial charge in [0, 0.05) is 5.56 Å². The second-order valence-electron chi connectivity index (χ2n) is 5.66. The van der Waals surface area contributed by atoms with E-state index in [2.05, 4.69) is 10.3 Å². The number of carbonyl (C=O) groups is 2. The van der Waals surface area contributed by atoms with Gasteiger partial charge in [-0.15, -0.1) is 0 Å². The smallest absolute Gasteiger partial charge is 0.340 e. The number of amides is 1. The fourth-order valence-corrected chi connectivity index (χ4v) is 4.22. The fraction of sp³-hybridized carbons (Fsp3) is 0.150. The van der Waals surface area contributed by atoms with Gasteiger partial charge >= 0.3 is 5.97 Å². The Hall–Kier alpha value is -2.84. The molecule has 6 nitrogen and oxygen atoms in total. The van der Waals surface area contributed by atoms with Crippen molar-refractivity contribution in [2.45, 2.75) is 11.3 Å². The molecule has 0 bridgehead atoms. The molecule has 3 N–H and O–H groups in total. The number of thioether (sulfide) groups is 1. The number of carbonyl (C=O) groups excluding carboxylic acids is 2. The number of thiazole rings is 1. The van der Waals surface area contributed by atoms with Gasteiger partial charge in [-0.3, -0.25) is 4.79 Å². The molecule has 0 atom stereocenters. The number of hydrogen-bond donors (Lipinski definition) is 2. The highest BCUT2D eigenvalue weighted by atomic mass is 32.2. The van der Waals surface area contributed by atoms with Gasteiger partial charge in [0.1, 0.15) is 10.7 Å². The van der Waals surface area contributed by atoms with E-state index in [-0.39, 0.29) is 18.3 Å². The average molecular weight is 414 g/mol. The minimum Gasteiger partial charge on any atom is -0.462 e. The molecule has 0 aliphatic rings. The molecule has 0 fully saturated rings. The molecule has 0 unspecified atom stereocenters. The lowest BCUT2D eigenvalue weighted by molar-refractivity contribution is -0.113. The number of hydrogen-bond acceptors (Lipinski definition) is 7. The van der Waals surface area contributed by atoms with Crippen LogP contribution < -0.4 is 11.1 Å². The van der Waals surface area contributed by atoms with Crippen LogP contribution in [0.4, 0.5) is 10.7 Å². The highest BCUT2D eigenvalue weighted by Gasteiger charge is 2.15. The second kappa shape index (κ2) is 9.38. The van der Waals surface area contributed by atoms with Crippen LogP contribution in [-0.2, 0) is 9.53 Å². The van der Waals surface area contributed by atoms with Crippen molar-refractivity contribution in [2.24, 2.45) is 0 Å². The van der Waals surface area contributed by atoms with Crippen LogP contribution in [0.25, 0.3) is 11.3 Å². The van der Waals surface area contributed by atoms with Gasteiger partial charge in [-0.2, -0.15) is 0 Å². The first kappa shape index (κ1) is 19.9. The van der Waals surface area contributed by atoms with Crippen molar-refractivity contribution in [3.63, 3.8) is 0 Å². The zero-order valence-corrected chi connectivity index (χ0v) is 16.8. The maximum absolute atomic E-state index is 12.3. The molecule has 144 valence electrons. The standard InChI is InChI=1S/C20H19N3O3S2/c1-2-26-19(25)14-10-6-7-11-15(14)22-16(24)12-27-20-23-17(18(21)28-20)13-8-4-3-5-9-13/h3-11H,2,12,21H2,1H3,(H,22,24). The molecule has 0 saturated carbocycles. The van der Waals surface area contributed by atoms with Crippen molar-refractivity contribution >= 4 is 45.7 Å². The summed E-state index contributed by atoms with van der Waals surface area (Å²) in [4.78, 5) is 28.9. The van der Waals surface area contributed by atoms with Crippen molar-refractivity contribution in [3.05, 3.63) is 60.2 Å². The normalized spacial score (nSPS) is 10.5. The predicted octanol–water partition coefficient (Wildman–Crippen LogP) is 4.30. The van der Waals surface area contributed by atoms with Crippen LogP contribution in [-0.4, -0.2) is 29.2 Å². The molecular formula is C20H19N3O3S2. The van der Waals surface area contributed by atoms with Crippen LogP contribution in [0.3, 0.4) is 0 Å². The summed E-state index contributed by atoms with van der Waals surface area (Å²) in [5, 5.41) is 3.37. The highest BCUT2D eigenvalue weighted by molar-refractivity contribution is 8.01. The SMILES string of the molecule is CCOC(=O)c1ccccc1NC(=O)CSc1nc(-c2ccccc2)c(N)s1. The number of nitrogens with one attached hydrogen (secondary N) is 1. The van der Waals surface area contributed by atoms with E-state index in [1.807, 2.05) is 30.3 Å². The Morgan fingerprint density at radius 1 is 1.14 bits per heavy atom. The first-order valence-electron chi connectivity index (χ1n) is 8.59. The summed E-state index contributed by atoms with van der Waals surface area (Å²) in [6, 6.07) is 16.4. The maximum atomic E-state index is 12.3. The third-order valence-corrected chi connectivity index (χ3v) is 5.73. The zero-order valence-electron chi connectivity index (χ0n) is 15.2. The summed E-state index contributed by atoms with van der Waals surface area (Å²) in [5.74, 6) is -0.554. The first-order chi connectivity index (χ1) is 13.6. The molecule has 0 aliphatic heterocycles. The van der Waals surface area contributed by atoms with E-state index in [4.69, 9.17) is 10.5 Å². The molecule has 1 aromatic heterocycles. The third-order valence-electron chi connectivity index (χ3n) is 3.70. The predicted molar refractivity (Wildman–Crippen MR) is 114 cm³/mol. The van der Waals surface area contributed by atoms with E-state index in [9.17, 15) is 9.59 Å². The van der Waals surface area contributed by atoms with Gasteiger partial charge in [0.2, 0.25) is 5.91 Å². The Kier molecular flexibility index (Phi) is 6.67. The summed E-state index contributed by atoms with van der Waals surface area (Å²) in [5.41, 5.74) is 8.49. The van der Waals surface area contributed by atoms with Crippen LogP contribution in [0.5, 0.6) is 0 Å². The molecule has 3 rings (SSSR count). The van der Waals surface area contributed by atoms with E-state index in [1.54, 1.807) is 31.2 Å². The van der Waals surface area contributed by atoms with Gasteiger partial charge in [0.25, 0.3) is 0 Å². The lowest BCUT2D eigenvalue weighted by Crippen LogP contribution is -2.17. The van der Waals surface area contributed by atoms with Gasteiger partial charge in [0.05, 0.1) is 23.6 Å². The molecule has 2 aromatic carbocycles. The Labute approximate surface area is 171 Å². The number of anilines is 2. The van der Waals surface area contributed by atoms with Crippen molar-refractivity contribution in [1.82, 2.24) is 4.98 Å². The number of para-hydroxylation sites is 1. The van der Waals surface area contributed by atoms with E-state index in [0.29, 0.717) is 20.6 Å². The number of nitrogens with two attached hydrogens (primary N) is 1. The third kappa shape index (κ3) is 4.90. The number of ether oxygens (including phenoxy) is 1. The maximum Gasteiger partial charge on any atom is 0.340 e. The van der Waals surface area contributed by atoms with Gasteiger partial charge in [0.15, 0.2) is 4.34 Å². The van der Waals surface area contributed by atoms with Crippen LogP contribution in [0.15, 0.2) is 58.9 Å². The minimum absolute atomic E-state index is 0.151. The fourth-order valence-electron chi connectivity index (χ4n) is 2.47. The van der Waals surface area contributed by atoms with Gasteiger partial charge in [-0.05, 0) is 19.1 Å². The lowest BCUT2D eigenvalue weighted by atomic mass is 10.2. The van der Waals surface area contributed by atoms with Gasteiger partial charge in [-0.25, -0.2) is 9.78 Å². The molecule has 0 saturated heterocycles. The monoisotopic (exact) mass is 413 g/mol. The van der Waals surface area contributed by atoms with Crippen molar-refractivity contribution in [2.75, 3.05) is 23.4 Å². The Morgan fingerprint density at radius 3 is 2.61 bits per heavy atom. The van der Waals surface area contributed by atoms with Gasteiger partial charge < -0.3 is 15.8 Å². The highest BCUT2D eigenvalue weighted by Crippen LogP contribution is 2.35. The van der Waals surface area contributed by atoms with Crippen LogP contribution in [0, 0.1) is 0 Å². The molecule has 0 aliphatic carbocycles. The zero-order chi connectivity index (χ0) is 19.9. The molecule has 0 radical (unpaired) electrons. The number of nitrogen functional groups attached to an aromatic ring is 1. The van der Waals surface area contributed by atoms with E-state index < -0.39 is 5.97 Å². The largest absolute Gasteiger partial charge is 0.462 e.